The van der Waals surface area contributed by atoms with Crippen LogP contribution in [0.25, 0.3) is 0 Å². The third kappa shape index (κ3) is 3.85. The molecule has 0 amide bonds. The maximum atomic E-state index is 12.3. The lowest BCUT2D eigenvalue weighted by atomic mass is 10.0. The van der Waals surface area contributed by atoms with Gasteiger partial charge in [-0.1, -0.05) is 25.5 Å². The maximum Gasteiger partial charge on any atom is 0.416 e. The second-order valence-electron chi connectivity index (χ2n) is 3.95. The van der Waals surface area contributed by atoms with Gasteiger partial charge in [0.2, 0.25) is 0 Å². The number of benzene rings is 1. The lowest BCUT2D eigenvalue weighted by molar-refractivity contribution is -0.137. The van der Waals surface area contributed by atoms with Crippen LogP contribution in [-0.2, 0) is 12.6 Å². The van der Waals surface area contributed by atoms with Crippen molar-refractivity contribution in [2.75, 3.05) is 0 Å². The van der Waals surface area contributed by atoms with Crippen molar-refractivity contribution in [2.45, 2.75) is 38.4 Å². The van der Waals surface area contributed by atoms with Crippen molar-refractivity contribution in [3.63, 3.8) is 0 Å². The first-order valence-corrected chi connectivity index (χ1v) is 5.35. The molecule has 1 atom stereocenters. The van der Waals surface area contributed by atoms with Gasteiger partial charge in [0.05, 0.1) is 5.56 Å². The topological polar surface area (TPSA) is 26.0 Å². The summed E-state index contributed by atoms with van der Waals surface area (Å²) >= 11 is 0. The molecule has 0 fully saturated rings. The van der Waals surface area contributed by atoms with Crippen LogP contribution in [0.5, 0.6) is 0 Å². The number of rotatable bonds is 4. The Morgan fingerprint density at radius 2 is 1.75 bits per heavy atom. The zero-order chi connectivity index (χ0) is 12.2. The van der Waals surface area contributed by atoms with Gasteiger partial charge in [-0.3, -0.25) is 0 Å². The molecule has 0 radical (unpaired) electrons. The summed E-state index contributed by atoms with van der Waals surface area (Å²) in [7, 11) is 0. The predicted molar refractivity (Wildman–Crippen MR) is 58.0 cm³/mol. The monoisotopic (exact) mass is 231 g/mol. The van der Waals surface area contributed by atoms with Crippen molar-refractivity contribution in [3.8, 4) is 0 Å². The van der Waals surface area contributed by atoms with E-state index >= 15 is 0 Å². The zero-order valence-corrected chi connectivity index (χ0v) is 9.22. The van der Waals surface area contributed by atoms with E-state index in [1.807, 2.05) is 6.92 Å². The highest BCUT2D eigenvalue weighted by molar-refractivity contribution is 5.25. The molecule has 0 aliphatic heterocycles. The Labute approximate surface area is 93.5 Å². The summed E-state index contributed by atoms with van der Waals surface area (Å²) in [6.45, 7) is 2.03. The highest BCUT2D eigenvalue weighted by atomic mass is 19.4. The van der Waals surface area contributed by atoms with Gasteiger partial charge in [-0.05, 0) is 30.5 Å². The molecule has 1 aromatic carbocycles. The smallest absolute Gasteiger partial charge is 0.327 e. The SMILES string of the molecule is CCCC(N)Cc1ccc(C(F)(F)F)cc1. The predicted octanol–water partition coefficient (Wildman–Crippen LogP) is 3.38. The molecule has 1 aromatic rings. The maximum absolute atomic E-state index is 12.3. The van der Waals surface area contributed by atoms with Crippen molar-refractivity contribution < 1.29 is 13.2 Å². The molecule has 4 heteroatoms. The normalized spacial score (nSPS) is 13.8. The Morgan fingerprint density at radius 3 is 2.19 bits per heavy atom. The lowest BCUT2D eigenvalue weighted by Gasteiger charge is -2.11. The fourth-order valence-corrected chi connectivity index (χ4v) is 1.61. The summed E-state index contributed by atoms with van der Waals surface area (Å²) in [5, 5.41) is 0. The number of alkyl halides is 3. The minimum atomic E-state index is -4.26. The summed E-state index contributed by atoms with van der Waals surface area (Å²) in [6.07, 6.45) is -1.75. The van der Waals surface area contributed by atoms with Crippen LogP contribution in [0, 0.1) is 0 Å². The third-order valence-corrected chi connectivity index (χ3v) is 2.44. The quantitative estimate of drug-likeness (QED) is 0.844. The largest absolute Gasteiger partial charge is 0.416 e. The summed E-state index contributed by atoms with van der Waals surface area (Å²) in [6, 6.07) is 5.24. The molecule has 0 heterocycles. The third-order valence-electron chi connectivity index (χ3n) is 2.44. The van der Waals surface area contributed by atoms with Crippen molar-refractivity contribution in [3.05, 3.63) is 35.4 Å². The molecule has 0 saturated carbocycles. The van der Waals surface area contributed by atoms with Crippen LogP contribution in [0.1, 0.15) is 30.9 Å². The van der Waals surface area contributed by atoms with Gasteiger partial charge in [-0.15, -0.1) is 0 Å². The van der Waals surface area contributed by atoms with Gasteiger partial charge in [0, 0.05) is 6.04 Å². The zero-order valence-electron chi connectivity index (χ0n) is 9.22. The van der Waals surface area contributed by atoms with E-state index in [9.17, 15) is 13.2 Å². The first-order chi connectivity index (χ1) is 7.43. The van der Waals surface area contributed by atoms with E-state index in [1.54, 1.807) is 0 Å². The van der Waals surface area contributed by atoms with Gasteiger partial charge in [0.25, 0.3) is 0 Å². The first-order valence-electron chi connectivity index (χ1n) is 5.35. The van der Waals surface area contributed by atoms with E-state index in [1.165, 1.54) is 12.1 Å². The van der Waals surface area contributed by atoms with Crippen LogP contribution < -0.4 is 5.73 Å². The summed E-state index contributed by atoms with van der Waals surface area (Å²) in [5.41, 5.74) is 6.06. The number of nitrogens with two attached hydrogens (primary N) is 1. The van der Waals surface area contributed by atoms with Gasteiger partial charge in [0.15, 0.2) is 0 Å². The fraction of sp³-hybridized carbons (Fsp3) is 0.500. The number of hydrogen-bond acceptors (Lipinski definition) is 1. The molecule has 1 rings (SSSR count). The van der Waals surface area contributed by atoms with E-state index in [0.29, 0.717) is 6.42 Å². The first kappa shape index (κ1) is 13.0. The molecule has 90 valence electrons. The average molecular weight is 231 g/mol. The van der Waals surface area contributed by atoms with Crippen LogP contribution in [0.3, 0.4) is 0 Å². The van der Waals surface area contributed by atoms with Crippen molar-refractivity contribution in [2.24, 2.45) is 5.73 Å². The summed E-state index contributed by atoms with van der Waals surface area (Å²) < 4.78 is 36.8. The van der Waals surface area contributed by atoms with Gasteiger partial charge >= 0.3 is 6.18 Å². The Morgan fingerprint density at radius 1 is 1.19 bits per heavy atom. The molecular weight excluding hydrogens is 215 g/mol. The molecule has 2 N–H and O–H groups in total. The summed E-state index contributed by atoms with van der Waals surface area (Å²) in [5.74, 6) is 0. The molecule has 16 heavy (non-hydrogen) atoms. The fourth-order valence-electron chi connectivity index (χ4n) is 1.61. The van der Waals surface area contributed by atoms with Crippen molar-refractivity contribution >= 4 is 0 Å². The molecule has 1 nitrogen and oxygen atoms in total. The van der Waals surface area contributed by atoms with Crippen LogP contribution >= 0.6 is 0 Å². The lowest BCUT2D eigenvalue weighted by Crippen LogP contribution is -2.22. The molecule has 0 aliphatic carbocycles. The van der Waals surface area contributed by atoms with Crippen molar-refractivity contribution in [1.82, 2.24) is 0 Å². The minimum Gasteiger partial charge on any atom is -0.327 e. The highest BCUT2D eigenvalue weighted by Gasteiger charge is 2.29. The molecule has 0 bridgehead atoms. The van der Waals surface area contributed by atoms with E-state index in [4.69, 9.17) is 5.73 Å². The average Bonchev–Trinajstić information content (AvgIpc) is 2.17. The van der Waals surface area contributed by atoms with Crippen LogP contribution in [0.2, 0.25) is 0 Å². The standard InChI is InChI=1S/C12H16F3N/c1-2-3-11(16)8-9-4-6-10(7-5-9)12(13,14)15/h4-7,11H,2-3,8,16H2,1H3. The van der Waals surface area contributed by atoms with Crippen LogP contribution in [-0.4, -0.2) is 6.04 Å². The van der Waals surface area contributed by atoms with Gasteiger partial charge in [0.1, 0.15) is 0 Å². The van der Waals surface area contributed by atoms with Gasteiger partial charge in [-0.2, -0.15) is 13.2 Å². The Hall–Kier alpha value is -1.03. The molecule has 0 aromatic heterocycles. The second-order valence-corrected chi connectivity index (χ2v) is 3.95. The minimum absolute atomic E-state index is 0.0294. The van der Waals surface area contributed by atoms with Gasteiger partial charge in [-0.25, -0.2) is 0 Å². The Kier molecular flexibility index (Phi) is 4.35. The molecule has 1 unspecified atom stereocenters. The van der Waals surface area contributed by atoms with E-state index in [0.717, 1.165) is 30.5 Å². The Bertz CT molecular complexity index is 316. The number of halogens is 3. The van der Waals surface area contributed by atoms with E-state index in [-0.39, 0.29) is 6.04 Å². The number of hydrogen-bond donors (Lipinski definition) is 1. The van der Waals surface area contributed by atoms with Crippen LogP contribution in [0.15, 0.2) is 24.3 Å². The van der Waals surface area contributed by atoms with Gasteiger partial charge < -0.3 is 5.73 Å². The summed E-state index contributed by atoms with van der Waals surface area (Å²) in [4.78, 5) is 0. The van der Waals surface area contributed by atoms with E-state index < -0.39 is 11.7 Å². The molecule has 0 aliphatic rings. The second kappa shape index (κ2) is 5.34. The molecular formula is C12H16F3N. The molecule has 0 saturated heterocycles. The van der Waals surface area contributed by atoms with E-state index in [2.05, 4.69) is 0 Å². The van der Waals surface area contributed by atoms with Crippen molar-refractivity contribution in [1.29, 1.82) is 0 Å². The Balaban J connectivity index is 2.65. The van der Waals surface area contributed by atoms with Crippen LogP contribution in [0.4, 0.5) is 13.2 Å². The highest BCUT2D eigenvalue weighted by Crippen LogP contribution is 2.29. The molecule has 0 spiro atoms.